The molecule has 22 heavy (non-hydrogen) atoms. The van der Waals surface area contributed by atoms with Crippen molar-refractivity contribution in [2.45, 2.75) is 19.8 Å². The van der Waals surface area contributed by atoms with Gasteiger partial charge in [-0.2, -0.15) is 0 Å². The number of halogens is 1. The van der Waals surface area contributed by atoms with Crippen LogP contribution in [-0.4, -0.2) is 19.1 Å². The zero-order chi connectivity index (χ0) is 15.8. The number of para-hydroxylation sites is 1. The van der Waals surface area contributed by atoms with E-state index in [2.05, 4.69) is 36.5 Å². The maximum absolute atomic E-state index is 11.7. The number of ether oxygens (including phenoxy) is 1. The first-order valence-corrected chi connectivity index (χ1v) is 7.72. The summed E-state index contributed by atoms with van der Waals surface area (Å²) in [6.07, 6.45) is 1.86. The fraction of sp³-hybridized carbons (Fsp3) is 0.278. The van der Waals surface area contributed by atoms with Crippen LogP contribution in [0.25, 0.3) is 0 Å². The van der Waals surface area contributed by atoms with Crippen molar-refractivity contribution in [3.8, 4) is 5.75 Å². The van der Waals surface area contributed by atoms with E-state index in [1.165, 1.54) is 11.1 Å². The second-order valence-electron chi connectivity index (χ2n) is 5.16. The second kappa shape index (κ2) is 8.44. The highest BCUT2D eigenvalue weighted by Gasteiger charge is 2.04. The smallest absolute Gasteiger partial charge is 0.257 e. The number of hydrogen-bond donors (Lipinski definition) is 1. The lowest BCUT2D eigenvalue weighted by Crippen LogP contribution is -2.29. The molecule has 2 aromatic rings. The number of rotatable bonds is 7. The molecule has 0 aromatic heterocycles. The van der Waals surface area contributed by atoms with Gasteiger partial charge in [0.25, 0.3) is 5.91 Å². The fourth-order valence-electron chi connectivity index (χ4n) is 2.14. The van der Waals surface area contributed by atoms with Crippen LogP contribution in [0.15, 0.2) is 48.5 Å². The normalized spacial score (nSPS) is 10.3. The fourth-order valence-corrected chi connectivity index (χ4v) is 2.33. The molecule has 0 aliphatic rings. The highest BCUT2D eigenvalue weighted by Crippen LogP contribution is 2.22. The number of benzene rings is 2. The minimum absolute atomic E-state index is 0.0197. The highest BCUT2D eigenvalue weighted by molar-refractivity contribution is 6.32. The molecule has 0 aliphatic heterocycles. The zero-order valence-electron chi connectivity index (χ0n) is 12.6. The van der Waals surface area contributed by atoms with Crippen LogP contribution >= 0.6 is 11.6 Å². The van der Waals surface area contributed by atoms with Gasteiger partial charge in [-0.25, -0.2) is 0 Å². The van der Waals surface area contributed by atoms with E-state index in [9.17, 15) is 4.79 Å². The number of aryl methyl sites for hydroxylation is 2. The van der Waals surface area contributed by atoms with Gasteiger partial charge in [-0.15, -0.1) is 0 Å². The van der Waals surface area contributed by atoms with Crippen LogP contribution < -0.4 is 10.1 Å². The summed E-state index contributed by atoms with van der Waals surface area (Å²) in [5.41, 5.74) is 2.55. The summed E-state index contributed by atoms with van der Waals surface area (Å²) in [5, 5.41) is 3.36. The highest BCUT2D eigenvalue weighted by atomic mass is 35.5. The molecule has 0 atom stereocenters. The van der Waals surface area contributed by atoms with Gasteiger partial charge in [-0.3, -0.25) is 4.79 Å². The first-order chi connectivity index (χ1) is 10.6. The molecule has 0 aliphatic carbocycles. The third-order valence-electron chi connectivity index (χ3n) is 3.24. The van der Waals surface area contributed by atoms with E-state index in [4.69, 9.17) is 16.3 Å². The first-order valence-electron chi connectivity index (χ1n) is 7.35. The van der Waals surface area contributed by atoms with Gasteiger partial charge >= 0.3 is 0 Å². The van der Waals surface area contributed by atoms with Gasteiger partial charge in [0.05, 0.1) is 5.02 Å². The molecule has 3 nitrogen and oxygen atoms in total. The van der Waals surface area contributed by atoms with Crippen LogP contribution in [0.1, 0.15) is 17.5 Å². The molecule has 116 valence electrons. The lowest BCUT2D eigenvalue weighted by atomic mass is 10.1. The van der Waals surface area contributed by atoms with Crippen LogP contribution in [0.4, 0.5) is 0 Å². The summed E-state index contributed by atoms with van der Waals surface area (Å²) in [4.78, 5) is 11.7. The summed E-state index contributed by atoms with van der Waals surface area (Å²) in [6, 6.07) is 15.5. The second-order valence-corrected chi connectivity index (χ2v) is 5.57. The van der Waals surface area contributed by atoms with Crippen molar-refractivity contribution in [3.05, 3.63) is 64.7 Å². The summed E-state index contributed by atoms with van der Waals surface area (Å²) < 4.78 is 5.39. The molecule has 1 amide bonds. The van der Waals surface area contributed by atoms with Crippen molar-refractivity contribution in [1.29, 1.82) is 0 Å². The SMILES string of the molecule is Cc1cccc(CCCNC(=O)COc2ccccc2Cl)c1. The number of hydrogen-bond acceptors (Lipinski definition) is 2. The van der Waals surface area contributed by atoms with Gasteiger partial charge in [0, 0.05) is 6.54 Å². The van der Waals surface area contributed by atoms with E-state index in [0.717, 1.165) is 12.8 Å². The van der Waals surface area contributed by atoms with Gasteiger partial charge in [0.1, 0.15) is 5.75 Å². The van der Waals surface area contributed by atoms with E-state index >= 15 is 0 Å². The van der Waals surface area contributed by atoms with E-state index < -0.39 is 0 Å². The maximum Gasteiger partial charge on any atom is 0.257 e. The molecule has 4 heteroatoms. The number of carbonyl (C=O) groups excluding carboxylic acids is 1. The zero-order valence-corrected chi connectivity index (χ0v) is 13.4. The summed E-state index contributed by atoms with van der Waals surface area (Å²) in [5.74, 6) is 0.392. The number of carbonyl (C=O) groups is 1. The van der Waals surface area contributed by atoms with Gasteiger partial charge in [0.15, 0.2) is 6.61 Å². The Morgan fingerprint density at radius 2 is 2.00 bits per heavy atom. The molecular weight excluding hydrogens is 298 g/mol. The maximum atomic E-state index is 11.7. The van der Waals surface area contributed by atoms with Crippen molar-refractivity contribution >= 4 is 17.5 Å². The Balaban J connectivity index is 1.65. The lowest BCUT2D eigenvalue weighted by molar-refractivity contribution is -0.123. The van der Waals surface area contributed by atoms with Crippen LogP contribution in [-0.2, 0) is 11.2 Å². The molecule has 0 saturated heterocycles. The first kappa shape index (κ1) is 16.4. The molecule has 0 radical (unpaired) electrons. The molecule has 0 fully saturated rings. The predicted octanol–water partition coefficient (Wildman–Crippen LogP) is 3.78. The van der Waals surface area contributed by atoms with Crippen molar-refractivity contribution in [3.63, 3.8) is 0 Å². The monoisotopic (exact) mass is 317 g/mol. The van der Waals surface area contributed by atoms with Crippen LogP contribution in [0, 0.1) is 6.92 Å². The quantitative estimate of drug-likeness (QED) is 0.789. The standard InChI is InChI=1S/C18H20ClNO2/c1-14-6-4-7-15(12-14)8-5-11-20-18(21)13-22-17-10-3-2-9-16(17)19/h2-4,6-7,9-10,12H,5,8,11,13H2,1H3,(H,20,21). The Bertz CT molecular complexity index is 628. The van der Waals surface area contributed by atoms with E-state index in [1.807, 2.05) is 12.1 Å². The average Bonchev–Trinajstić information content (AvgIpc) is 2.51. The van der Waals surface area contributed by atoms with E-state index in [0.29, 0.717) is 17.3 Å². The third-order valence-corrected chi connectivity index (χ3v) is 3.55. The van der Waals surface area contributed by atoms with Crippen molar-refractivity contribution in [1.82, 2.24) is 5.32 Å². The minimum Gasteiger partial charge on any atom is -0.482 e. The molecular formula is C18H20ClNO2. The Labute approximate surface area is 136 Å². The summed E-state index contributed by atoms with van der Waals surface area (Å²) >= 11 is 5.96. The van der Waals surface area contributed by atoms with Crippen molar-refractivity contribution < 1.29 is 9.53 Å². The summed E-state index contributed by atoms with van der Waals surface area (Å²) in [7, 11) is 0. The minimum atomic E-state index is -0.135. The average molecular weight is 318 g/mol. The molecule has 0 unspecified atom stereocenters. The molecule has 0 saturated carbocycles. The van der Waals surface area contributed by atoms with Gasteiger partial charge < -0.3 is 10.1 Å². The molecule has 2 rings (SSSR count). The molecule has 0 spiro atoms. The van der Waals surface area contributed by atoms with Crippen molar-refractivity contribution in [2.75, 3.05) is 13.2 Å². The summed E-state index contributed by atoms with van der Waals surface area (Å²) in [6.45, 7) is 2.70. The number of nitrogens with one attached hydrogen (secondary N) is 1. The molecule has 0 heterocycles. The van der Waals surface area contributed by atoms with E-state index in [1.54, 1.807) is 12.1 Å². The van der Waals surface area contributed by atoms with E-state index in [-0.39, 0.29) is 12.5 Å². The Morgan fingerprint density at radius 3 is 2.77 bits per heavy atom. The Kier molecular flexibility index (Phi) is 6.28. The Morgan fingerprint density at radius 1 is 1.18 bits per heavy atom. The van der Waals surface area contributed by atoms with Gasteiger partial charge in [0.2, 0.25) is 0 Å². The molecule has 2 aromatic carbocycles. The van der Waals surface area contributed by atoms with Gasteiger partial charge in [-0.1, -0.05) is 53.6 Å². The topological polar surface area (TPSA) is 38.3 Å². The van der Waals surface area contributed by atoms with Crippen LogP contribution in [0.2, 0.25) is 5.02 Å². The Hall–Kier alpha value is -2.00. The molecule has 0 bridgehead atoms. The largest absolute Gasteiger partial charge is 0.482 e. The van der Waals surface area contributed by atoms with Crippen molar-refractivity contribution in [2.24, 2.45) is 0 Å². The van der Waals surface area contributed by atoms with Crippen LogP contribution in [0.3, 0.4) is 0 Å². The third kappa shape index (κ3) is 5.41. The van der Waals surface area contributed by atoms with Gasteiger partial charge in [-0.05, 0) is 37.5 Å². The predicted molar refractivity (Wildman–Crippen MR) is 89.5 cm³/mol. The molecule has 1 N–H and O–H groups in total. The lowest BCUT2D eigenvalue weighted by Gasteiger charge is -2.08. The number of amides is 1. The van der Waals surface area contributed by atoms with Crippen LogP contribution in [0.5, 0.6) is 5.75 Å².